The van der Waals surface area contributed by atoms with E-state index in [4.69, 9.17) is 4.98 Å². The fourth-order valence-electron chi connectivity index (χ4n) is 8.31. The number of anilines is 3. The lowest BCUT2D eigenvalue weighted by molar-refractivity contribution is -0.136. The summed E-state index contributed by atoms with van der Waals surface area (Å²) in [5.41, 5.74) is 4.73. The van der Waals surface area contributed by atoms with Crippen LogP contribution in [-0.2, 0) is 16.0 Å². The van der Waals surface area contributed by atoms with E-state index in [9.17, 15) is 24.0 Å². The van der Waals surface area contributed by atoms with E-state index in [1.165, 1.54) is 0 Å². The van der Waals surface area contributed by atoms with Crippen molar-refractivity contribution in [1.29, 1.82) is 0 Å². The number of piperidine rings is 2. The van der Waals surface area contributed by atoms with Gasteiger partial charge in [0.2, 0.25) is 11.8 Å². The summed E-state index contributed by atoms with van der Waals surface area (Å²) >= 11 is 0. The lowest BCUT2D eigenvalue weighted by atomic mass is 9.95. The van der Waals surface area contributed by atoms with Crippen molar-refractivity contribution in [2.75, 3.05) is 35.2 Å². The minimum atomic E-state index is -0.994. The molecule has 5 heterocycles. The zero-order valence-electron chi connectivity index (χ0n) is 30.3. The maximum absolute atomic E-state index is 13.4. The van der Waals surface area contributed by atoms with Crippen LogP contribution in [-0.4, -0.2) is 86.8 Å². The van der Waals surface area contributed by atoms with Crippen LogP contribution in [0.15, 0.2) is 60.8 Å². The van der Waals surface area contributed by atoms with Crippen LogP contribution in [0.1, 0.15) is 95.1 Å². The van der Waals surface area contributed by atoms with Gasteiger partial charge in [-0.15, -0.1) is 0 Å². The number of hydrogen-bond acceptors (Lipinski definition) is 10. The predicted molar refractivity (Wildman–Crippen MR) is 202 cm³/mol. The molecular weight excluding hydrogens is 686 g/mol. The second kappa shape index (κ2) is 14.9. The van der Waals surface area contributed by atoms with Gasteiger partial charge in [0, 0.05) is 72.9 Å². The Balaban J connectivity index is 0.809. The molecule has 2 saturated heterocycles. The number of carbonyl (C=O) groups is 5. The molecule has 1 unspecified atom stereocenters. The van der Waals surface area contributed by atoms with Crippen LogP contribution < -0.4 is 26.2 Å². The smallest absolute Gasteiger partial charge is 0.264 e. The van der Waals surface area contributed by atoms with E-state index in [-0.39, 0.29) is 42.0 Å². The highest BCUT2D eigenvalue weighted by Gasteiger charge is 2.45. The second-order valence-corrected chi connectivity index (χ2v) is 14.8. The predicted octanol–water partition coefficient (Wildman–Crippen LogP) is 4.17. The minimum absolute atomic E-state index is 0.0617. The average molecular weight is 732 g/mol. The Morgan fingerprint density at radius 3 is 2.50 bits per heavy atom. The summed E-state index contributed by atoms with van der Waals surface area (Å²) in [5, 5.41) is 17.0. The van der Waals surface area contributed by atoms with Gasteiger partial charge in [-0.1, -0.05) is 19.4 Å². The minimum Gasteiger partial charge on any atom is -0.384 e. The fourth-order valence-corrected chi connectivity index (χ4v) is 8.31. The van der Waals surface area contributed by atoms with Gasteiger partial charge in [0.05, 0.1) is 17.3 Å². The topological polar surface area (TPSA) is 170 Å². The van der Waals surface area contributed by atoms with E-state index in [0.717, 1.165) is 85.8 Å². The van der Waals surface area contributed by atoms with Crippen molar-refractivity contribution >= 4 is 52.4 Å². The number of fused-ring (bicyclic) bond motifs is 2. The zero-order chi connectivity index (χ0) is 37.3. The summed E-state index contributed by atoms with van der Waals surface area (Å²) in [6, 6.07) is 16.3. The standard InChI is InChI=1S/C40H45N9O5/c1-2-4-26-22-34(49-33(43-26)15-18-42-49)44-27-9-10-28(21-27)45-37(51)25-7-11-29(12-8-25)47-19-16-24(17-20-47)23-41-31-6-3-5-30-36(31)40(54)48(39(30)53)32-13-14-35(50)46-38(32)52/h3,5-8,11-12,15,18,22,24,27-28,32,41,44H,2,4,9-10,13-14,16-17,19-21,23H2,1H3,(H,45,51)(H,46,50,52)/t27-,28-,32?/m1/s1. The molecular formula is C40H45N9O5. The average Bonchev–Trinajstić information content (AvgIpc) is 3.90. The molecule has 3 fully saturated rings. The highest BCUT2D eigenvalue weighted by Crippen LogP contribution is 2.33. The first-order valence-electron chi connectivity index (χ1n) is 19.1. The SMILES string of the molecule is CCCc1cc(N[C@@H]2CC[C@@H](NC(=O)c3ccc(N4CCC(CNc5cccc6c5C(=O)N(C5CCC(=O)NC5=O)C6=O)CC4)cc3)C2)n2nccc2n1. The fraction of sp³-hybridized carbons (Fsp3) is 0.425. The number of rotatable bonds is 11. The first-order chi connectivity index (χ1) is 26.2. The second-order valence-electron chi connectivity index (χ2n) is 14.8. The maximum atomic E-state index is 13.4. The lowest BCUT2D eigenvalue weighted by Gasteiger charge is -2.34. The highest BCUT2D eigenvalue weighted by atomic mass is 16.2. The molecule has 280 valence electrons. The van der Waals surface area contributed by atoms with Crippen LogP contribution >= 0.6 is 0 Å². The summed E-state index contributed by atoms with van der Waals surface area (Å²) in [6.07, 6.45) is 8.47. The Morgan fingerprint density at radius 2 is 1.72 bits per heavy atom. The van der Waals surface area contributed by atoms with Gasteiger partial charge in [-0.2, -0.15) is 9.61 Å². The molecule has 14 heteroatoms. The summed E-state index contributed by atoms with van der Waals surface area (Å²) in [4.78, 5) is 72.0. The van der Waals surface area contributed by atoms with Crippen LogP contribution in [0.2, 0.25) is 0 Å². The molecule has 54 heavy (non-hydrogen) atoms. The lowest BCUT2D eigenvalue weighted by Crippen LogP contribution is -2.54. The van der Waals surface area contributed by atoms with Crippen molar-refractivity contribution in [1.82, 2.24) is 30.1 Å². The number of amides is 5. The highest BCUT2D eigenvalue weighted by molar-refractivity contribution is 6.25. The van der Waals surface area contributed by atoms with Crippen molar-refractivity contribution in [2.45, 2.75) is 82.8 Å². The number of carbonyl (C=O) groups excluding carboxylic acids is 5. The number of aromatic nitrogens is 3. The zero-order valence-corrected chi connectivity index (χ0v) is 30.3. The van der Waals surface area contributed by atoms with Crippen LogP contribution in [0.3, 0.4) is 0 Å². The molecule has 0 spiro atoms. The van der Waals surface area contributed by atoms with Crippen molar-refractivity contribution in [3.63, 3.8) is 0 Å². The third-order valence-electron chi connectivity index (χ3n) is 11.2. The van der Waals surface area contributed by atoms with E-state index in [1.807, 2.05) is 34.8 Å². The van der Waals surface area contributed by atoms with Gasteiger partial charge in [-0.3, -0.25) is 34.2 Å². The Morgan fingerprint density at radius 1 is 0.926 bits per heavy atom. The molecule has 2 aromatic carbocycles. The van der Waals surface area contributed by atoms with Crippen LogP contribution in [0.5, 0.6) is 0 Å². The largest absolute Gasteiger partial charge is 0.384 e. The normalized spacial score (nSPS) is 21.8. The molecule has 4 aromatic rings. The molecule has 0 radical (unpaired) electrons. The Labute approximate surface area is 313 Å². The quantitative estimate of drug-likeness (QED) is 0.164. The van der Waals surface area contributed by atoms with Gasteiger partial charge in [0.25, 0.3) is 17.7 Å². The molecule has 2 aromatic heterocycles. The Hall–Kier alpha value is -5.79. The number of benzene rings is 2. The van der Waals surface area contributed by atoms with E-state index < -0.39 is 29.7 Å². The summed E-state index contributed by atoms with van der Waals surface area (Å²) in [6.45, 7) is 4.49. The van der Waals surface area contributed by atoms with Gasteiger partial charge in [0.1, 0.15) is 11.9 Å². The van der Waals surface area contributed by atoms with Gasteiger partial charge in [-0.25, -0.2) is 4.98 Å². The molecule has 3 atom stereocenters. The third-order valence-corrected chi connectivity index (χ3v) is 11.2. The van der Waals surface area contributed by atoms with Gasteiger partial charge >= 0.3 is 0 Å². The monoisotopic (exact) mass is 731 g/mol. The van der Waals surface area contributed by atoms with Crippen molar-refractivity contribution < 1.29 is 24.0 Å². The molecule has 3 aliphatic heterocycles. The number of aryl methyl sites for hydroxylation is 1. The van der Waals surface area contributed by atoms with Crippen LogP contribution in [0.4, 0.5) is 17.2 Å². The van der Waals surface area contributed by atoms with Crippen molar-refractivity contribution in [2.24, 2.45) is 5.92 Å². The van der Waals surface area contributed by atoms with Crippen LogP contribution in [0, 0.1) is 5.92 Å². The maximum Gasteiger partial charge on any atom is 0.264 e. The molecule has 0 bridgehead atoms. The summed E-state index contributed by atoms with van der Waals surface area (Å²) in [7, 11) is 0. The number of hydrogen-bond donors (Lipinski definition) is 4. The number of nitrogens with one attached hydrogen (secondary N) is 4. The number of nitrogens with zero attached hydrogens (tertiary/aromatic N) is 5. The summed E-state index contributed by atoms with van der Waals surface area (Å²) < 4.78 is 1.84. The van der Waals surface area contributed by atoms with Crippen molar-refractivity contribution in [3.8, 4) is 0 Å². The van der Waals surface area contributed by atoms with Gasteiger partial charge in [-0.05, 0) is 87.3 Å². The number of imide groups is 2. The molecule has 5 amide bonds. The van der Waals surface area contributed by atoms with Gasteiger partial charge in [0.15, 0.2) is 5.65 Å². The first-order valence-corrected chi connectivity index (χ1v) is 19.1. The van der Waals surface area contributed by atoms with Crippen molar-refractivity contribution in [3.05, 3.63) is 83.2 Å². The molecule has 8 rings (SSSR count). The third kappa shape index (κ3) is 6.99. The molecule has 4 N–H and O–H groups in total. The first kappa shape index (κ1) is 35.3. The van der Waals surface area contributed by atoms with E-state index in [2.05, 4.69) is 44.3 Å². The molecule has 4 aliphatic rings. The molecule has 1 saturated carbocycles. The van der Waals surface area contributed by atoms with E-state index >= 15 is 0 Å². The van der Waals surface area contributed by atoms with Gasteiger partial charge < -0.3 is 20.9 Å². The van der Waals surface area contributed by atoms with Crippen LogP contribution in [0.25, 0.3) is 5.65 Å². The molecule has 1 aliphatic carbocycles. The Bertz CT molecular complexity index is 2110. The van der Waals surface area contributed by atoms with E-state index in [0.29, 0.717) is 23.7 Å². The molecule has 14 nitrogen and oxygen atoms in total. The Kier molecular flexibility index (Phi) is 9.74. The summed E-state index contributed by atoms with van der Waals surface area (Å²) in [5.74, 6) is -0.809. The van der Waals surface area contributed by atoms with E-state index in [1.54, 1.807) is 24.4 Å².